The van der Waals surface area contributed by atoms with Crippen LogP contribution in [0.5, 0.6) is 0 Å². The SMILES string of the molecule is COC1=CCc2cccc3c2C1c1cccc2cccc-3c12. The highest BCUT2D eigenvalue weighted by molar-refractivity contribution is 6.03. The maximum atomic E-state index is 5.75. The van der Waals surface area contributed by atoms with Crippen LogP contribution >= 0.6 is 0 Å². The Kier molecular flexibility index (Phi) is 2.32. The van der Waals surface area contributed by atoms with Crippen molar-refractivity contribution >= 4 is 10.8 Å². The van der Waals surface area contributed by atoms with Crippen molar-refractivity contribution in [3.63, 3.8) is 0 Å². The van der Waals surface area contributed by atoms with E-state index >= 15 is 0 Å². The van der Waals surface area contributed by atoms with Crippen molar-refractivity contribution in [2.75, 3.05) is 7.11 Å². The molecule has 0 aliphatic heterocycles. The van der Waals surface area contributed by atoms with Crippen LogP contribution in [0.4, 0.5) is 0 Å². The van der Waals surface area contributed by atoms with Gasteiger partial charge in [-0.05, 0) is 51.1 Å². The number of ether oxygens (including phenoxy) is 1. The lowest BCUT2D eigenvalue weighted by atomic mass is 9.72. The Hall–Kier alpha value is -2.54. The quantitative estimate of drug-likeness (QED) is 0.608. The van der Waals surface area contributed by atoms with Crippen molar-refractivity contribution < 1.29 is 4.74 Å². The van der Waals surface area contributed by atoms with E-state index in [1.54, 1.807) is 7.11 Å². The number of allylic oxidation sites excluding steroid dienone is 2. The van der Waals surface area contributed by atoms with Crippen molar-refractivity contribution in [1.82, 2.24) is 0 Å². The van der Waals surface area contributed by atoms with E-state index in [0.717, 1.165) is 12.2 Å². The fourth-order valence-electron chi connectivity index (χ4n) is 4.18. The molecule has 0 spiro atoms. The summed E-state index contributed by atoms with van der Waals surface area (Å²) < 4.78 is 5.75. The maximum absolute atomic E-state index is 5.75. The highest BCUT2D eigenvalue weighted by Crippen LogP contribution is 2.50. The Morgan fingerprint density at radius 1 is 0.909 bits per heavy atom. The lowest BCUT2D eigenvalue weighted by molar-refractivity contribution is 0.269. The molecule has 3 aromatic rings. The molecule has 0 N–H and O–H groups in total. The number of hydrogen-bond acceptors (Lipinski definition) is 1. The summed E-state index contributed by atoms with van der Waals surface area (Å²) in [6, 6.07) is 19.9. The number of hydrogen-bond donors (Lipinski definition) is 0. The molecule has 0 saturated heterocycles. The fraction of sp³-hybridized carbons (Fsp3) is 0.143. The minimum absolute atomic E-state index is 0.239. The fourth-order valence-corrected chi connectivity index (χ4v) is 4.18. The van der Waals surface area contributed by atoms with Crippen LogP contribution in [0.15, 0.2) is 66.4 Å². The Bertz CT molecular complexity index is 944. The predicted octanol–water partition coefficient (Wildman–Crippen LogP) is 5.04. The standard InChI is InChI=1S/C21H16O/c1-22-18-12-11-14-7-3-9-16-15-8-2-5-13-6-4-10-17(19(13)15)21(18)20(14)16/h2-10,12,21H,11H2,1H3. The second kappa shape index (κ2) is 4.23. The van der Waals surface area contributed by atoms with Gasteiger partial charge in [-0.25, -0.2) is 0 Å². The van der Waals surface area contributed by atoms with Gasteiger partial charge in [0.05, 0.1) is 13.0 Å². The summed E-state index contributed by atoms with van der Waals surface area (Å²) in [7, 11) is 1.79. The third kappa shape index (κ3) is 1.38. The van der Waals surface area contributed by atoms with Crippen molar-refractivity contribution in [2.24, 2.45) is 0 Å². The van der Waals surface area contributed by atoms with Crippen LogP contribution in [0.3, 0.4) is 0 Å². The Morgan fingerprint density at radius 2 is 1.68 bits per heavy atom. The maximum Gasteiger partial charge on any atom is 0.104 e. The van der Waals surface area contributed by atoms with Crippen LogP contribution in [-0.2, 0) is 11.2 Å². The molecule has 5 rings (SSSR count). The molecule has 1 heteroatoms. The summed E-state index contributed by atoms with van der Waals surface area (Å²) in [5.41, 5.74) is 6.97. The number of rotatable bonds is 1. The molecule has 3 aromatic carbocycles. The van der Waals surface area contributed by atoms with E-state index in [-0.39, 0.29) is 5.92 Å². The van der Waals surface area contributed by atoms with E-state index in [1.165, 1.54) is 38.6 Å². The van der Waals surface area contributed by atoms with E-state index in [9.17, 15) is 0 Å². The number of methoxy groups -OCH3 is 1. The Morgan fingerprint density at radius 3 is 2.55 bits per heavy atom. The molecule has 0 bridgehead atoms. The Labute approximate surface area is 129 Å². The summed E-state index contributed by atoms with van der Waals surface area (Å²) in [4.78, 5) is 0. The zero-order valence-electron chi connectivity index (χ0n) is 12.5. The highest BCUT2D eigenvalue weighted by Gasteiger charge is 2.33. The lowest BCUT2D eigenvalue weighted by Gasteiger charge is -2.34. The summed E-state index contributed by atoms with van der Waals surface area (Å²) in [6.45, 7) is 0. The molecule has 22 heavy (non-hydrogen) atoms. The van der Waals surface area contributed by atoms with Gasteiger partial charge < -0.3 is 4.74 Å². The zero-order chi connectivity index (χ0) is 14.7. The van der Waals surface area contributed by atoms with Gasteiger partial charge in [-0.2, -0.15) is 0 Å². The van der Waals surface area contributed by atoms with Crippen LogP contribution < -0.4 is 0 Å². The van der Waals surface area contributed by atoms with Gasteiger partial charge in [-0.1, -0.05) is 54.6 Å². The summed E-state index contributed by atoms with van der Waals surface area (Å²) in [5, 5.41) is 2.69. The Balaban J connectivity index is 1.99. The minimum atomic E-state index is 0.239. The first-order chi connectivity index (χ1) is 10.9. The molecule has 2 aliphatic carbocycles. The van der Waals surface area contributed by atoms with E-state index in [2.05, 4.69) is 60.7 Å². The van der Waals surface area contributed by atoms with Gasteiger partial charge >= 0.3 is 0 Å². The summed E-state index contributed by atoms with van der Waals surface area (Å²) in [6.07, 6.45) is 3.20. The molecule has 0 heterocycles. The van der Waals surface area contributed by atoms with Crippen molar-refractivity contribution in [2.45, 2.75) is 12.3 Å². The van der Waals surface area contributed by atoms with E-state index < -0.39 is 0 Å². The molecule has 0 aromatic heterocycles. The molecule has 1 atom stereocenters. The second-order valence-electron chi connectivity index (χ2n) is 6.08. The molecular weight excluding hydrogens is 268 g/mol. The monoisotopic (exact) mass is 284 g/mol. The van der Waals surface area contributed by atoms with Gasteiger partial charge in [0.15, 0.2) is 0 Å². The lowest BCUT2D eigenvalue weighted by Crippen LogP contribution is -2.18. The van der Waals surface area contributed by atoms with Crippen LogP contribution in [0.25, 0.3) is 21.9 Å². The van der Waals surface area contributed by atoms with Crippen LogP contribution in [-0.4, -0.2) is 7.11 Å². The molecule has 0 saturated carbocycles. The van der Waals surface area contributed by atoms with Crippen LogP contribution in [0, 0.1) is 0 Å². The smallest absolute Gasteiger partial charge is 0.104 e. The molecule has 1 unspecified atom stereocenters. The number of benzene rings is 3. The van der Waals surface area contributed by atoms with Crippen molar-refractivity contribution in [1.29, 1.82) is 0 Å². The van der Waals surface area contributed by atoms with Gasteiger partial charge in [0.1, 0.15) is 5.76 Å². The van der Waals surface area contributed by atoms with Crippen LogP contribution in [0.2, 0.25) is 0 Å². The first kappa shape index (κ1) is 12.0. The molecule has 0 radical (unpaired) electrons. The molecule has 2 aliphatic rings. The number of fused-ring (bicyclic) bond motifs is 2. The van der Waals surface area contributed by atoms with Gasteiger partial charge in [0.2, 0.25) is 0 Å². The van der Waals surface area contributed by atoms with Gasteiger partial charge in [-0.3, -0.25) is 0 Å². The van der Waals surface area contributed by atoms with E-state index in [1.807, 2.05) is 0 Å². The third-order valence-electron chi connectivity index (χ3n) is 5.07. The zero-order valence-corrected chi connectivity index (χ0v) is 12.5. The van der Waals surface area contributed by atoms with Crippen molar-refractivity contribution in [3.05, 3.63) is 83.1 Å². The first-order valence-corrected chi connectivity index (χ1v) is 7.76. The highest BCUT2D eigenvalue weighted by atomic mass is 16.5. The van der Waals surface area contributed by atoms with E-state index in [0.29, 0.717) is 0 Å². The second-order valence-corrected chi connectivity index (χ2v) is 6.08. The van der Waals surface area contributed by atoms with Gasteiger partial charge in [0.25, 0.3) is 0 Å². The molecular formula is C21H16O. The predicted molar refractivity (Wildman–Crippen MR) is 90.0 cm³/mol. The topological polar surface area (TPSA) is 9.23 Å². The normalized spacial score (nSPS) is 17.9. The van der Waals surface area contributed by atoms with E-state index in [4.69, 9.17) is 4.74 Å². The first-order valence-electron chi connectivity index (χ1n) is 7.76. The average Bonchev–Trinajstić information content (AvgIpc) is 2.59. The van der Waals surface area contributed by atoms with Gasteiger partial charge in [0, 0.05) is 0 Å². The molecule has 0 amide bonds. The molecule has 106 valence electrons. The average molecular weight is 284 g/mol. The van der Waals surface area contributed by atoms with Crippen LogP contribution in [0.1, 0.15) is 22.6 Å². The van der Waals surface area contributed by atoms with Crippen molar-refractivity contribution in [3.8, 4) is 11.1 Å². The third-order valence-corrected chi connectivity index (χ3v) is 5.07. The summed E-state index contributed by atoms with van der Waals surface area (Å²) >= 11 is 0. The largest absolute Gasteiger partial charge is 0.500 e. The molecule has 0 fully saturated rings. The summed E-state index contributed by atoms with van der Waals surface area (Å²) in [5.74, 6) is 1.32. The minimum Gasteiger partial charge on any atom is -0.500 e. The molecule has 1 nitrogen and oxygen atoms in total. The van der Waals surface area contributed by atoms with Gasteiger partial charge in [-0.15, -0.1) is 0 Å².